The molecule has 3 aromatic carbocycles. The van der Waals surface area contributed by atoms with Crippen LogP contribution in [0.4, 0.5) is 5.69 Å². The minimum absolute atomic E-state index is 0.226. The van der Waals surface area contributed by atoms with E-state index in [0.717, 1.165) is 15.7 Å². The molecule has 6 nitrogen and oxygen atoms in total. The standard InChI is InChI=1S/C22H17Cl2N3O3S/c1-14-25-20-10-8-15(22(28)27(31(29)30)18-5-3-2-4-6-18)11-21(20)26(14)13-16-7-9-17(23)12-19(16)24/h2-12H,13H2,1H3,(H,29,30)/p-1. The summed E-state index contributed by atoms with van der Waals surface area (Å²) >= 11 is 9.54. The van der Waals surface area contributed by atoms with Crippen LogP contribution >= 0.6 is 23.2 Å². The van der Waals surface area contributed by atoms with Gasteiger partial charge in [-0.2, -0.15) is 0 Å². The van der Waals surface area contributed by atoms with Gasteiger partial charge >= 0.3 is 0 Å². The number of nitrogens with zero attached hydrogens (tertiary/aromatic N) is 3. The third-order valence-corrected chi connectivity index (χ3v) is 6.12. The normalized spacial score (nSPS) is 12.1. The summed E-state index contributed by atoms with van der Waals surface area (Å²) in [6, 6.07) is 18.4. The van der Waals surface area contributed by atoms with E-state index in [9.17, 15) is 13.6 Å². The number of carbonyl (C=O) groups excluding carboxylic acids is 1. The average molecular weight is 473 g/mol. The zero-order chi connectivity index (χ0) is 22.1. The van der Waals surface area contributed by atoms with Gasteiger partial charge in [-0.25, -0.2) is 9.29 Å². The van der Waals surface area contributed by atoms with Crippen LogP contribution in [0.3, 0.4) is 0 Å². The number of benzene rings is 3. The largest absolute Gasteiger partial charge is 0.755 e. The number of anilines is 1. The molecule has 0 N–H and O–H groups in total. The summed E-state index contributed by atoms with van der Waals surface area (Å²) in [7, 11) is 0. The first-order valence-electron chi connectivity index (χ1n) is 9.25. The van der Waals surface area contributed by atoms with Crippen molar-refractivity contribution in [3.63, 3.8) is 0 Å². The van der Waals surface area contributed by atoms with Crippen LogP contribution in [0.1, 0.15) is 21.7 Å². The van der Waals surface area contributed by atoms with Gasteiger partial charge in [0.15, 0.2) is 0 Å². The Hall–Kier alpha value is -2.71. The predicted octanol–water partition coefficient (Wildman–Crippen LogP) is 5.14. The zero-order valence-electron chi connectivity index (χ0n) is 16.3. The third kappa shape index (κ3) is 4.36. The minimum atomic E-state index is -2.77. The Morgan fingerprint density at radius 1 is 1.10 bits per heavy atom. The monoisotopic (exact) mass is 472 g/mol. The number of imidazole rings is 1. The van der Waals surface area contributed by atoms with E-state index >= 15 is 0 Å². The molecule has 1 aromatic heterocycles. The number of hydrogen-bond donors (Lipinski definition) is 0. The van der Waals surface area contributed by atoms with Gasteiger partial charge in [0.1, 0.15) is 5.82 Å². The van der Waals surface area contributed by atoms with Crippen molar-refractivity contribution in [1.29, 1.82) is 0 Å². The summed E-state index contributed by atoms with van der Waals surface area (Å²) in [6.45, 7) is 2.28. The molecular formula is C22H16Cl2N3O3S-. The number of aryl methyl sites for hydroxylation is 1. The molecule has 9 heteroatoms. The molecule has 31 heavy (non-hydrogen) atoms. The second-order valence-corrected chi connectivity index (χ2v) is 8.48. The fourth-order valence-corrected chi connectivity index (χ4v) is 4.35. The summed E-state index contributed by atoms with van der Waals surface area (Å²) in [6.07, 6.45) is 0. The van der Waals surface area contributed by atoms with Crippen molar-refractivity contribution >= 4 is 57.1 Å². The van der Waals surface area contributed by atoms with Gasteiger partial charge < -0.3 is 9.12 Å². The predicted molar refractivity (Wildman–Crippen MR) is 122 cm³/mol. The molecule has 4 rings (SSSR count). The highest BCUT2D eigenvalue weighted by Crippen LogP contribution is 2.26. The lowest BCUT2D eigenvalue weighted by molar-refractivity contribution is 0.100. The van der Waals surface area contributed by atoms with E-state index in [-0.39, 0.29) is 11.3 Å². The van der Waals surface area contributed by atoms with Gasteiger partial charge in [0.2, 0.25) is 0 Å². The van der Waals surface area contributed by atoms with Gasteiger partial charge in [-0.05, 0) is 55.0 Å². The lowest BCUT2D eigenvalue weighted by atomic mass is 10.1. The van der Waals surface area contributed by atoms with Gasteiger partial charge in [0, 0.05) is 15.6 Å². The van der Waals surface area contributed by atoms with Crippen LogP contribution in [0.2, 0.25) is 10.0 Å². The summed E-state index contributed by atoms with van der Waals surface area (Å²) < 4.78 is 26.3. The number of halogens is 2. The number of rotatable bonds is 5. The topological polar surface area (TPSA) is 78.3 Å². The van der Waals surface area contributed by atoms with E-state index in [2.05, 4.69) is 4.98 Å². The summed E-state index contributed by atoms with van der Waals surface area (Å²) in [5.41, 5.74) is 2.71. The van der Waals surface area contributed by atoms with Crippen LogP contribution in [0.15, 0.2) is 66.7 Å². The van der Waals surface area contributed by atoms with Crippen LogP contribution in [0, 0.1) is 6.92 Å². The first-order valence-corrected chi connectivity index (χ1v) is 11.0. The lowest BCUT2D eigenvalue weighted by Crippen LogP contribution is -2.32. The van der Waals surface area contributed by atoms with Crippen LogP contribution in [-0.2, 0) is 17.8 Å². The molecule has 0 bridgehead atoms. The van der Waals surface area contributed by atoms with Crippen LogP contribution in [-0.4, -0.2) is 24.2 Å². The van der Waals surface area contributed by atoms with Crippen LogP contribution in [0.5, 0.6) is 0 Å². The fourth-order valence-electron chi connectivity index (χ4n) is 3.35. The maximum absolute atomic E-state index is 13.1. The highest BCUT2D eigenvalue weighted by atomic mass is 35.5. The quantitative estimate of drug-likeness (QED) is 0.376. The lowest BCUT2D eigenvalue weighted by Gasteiger charge is -2.24. The second-order valence-electron chi connectivity index (χ2n) is 6.84. The van der Waals surface area contributed by atoms with Crippen molar-refractivity contribution in [1.82, 2.24) is 9.55 Å². The highest BCUT2D eigenvalue weighted by molar-refractivity contribution is 7.81. The van der Waals surface area contributed by atoms with Gasteiger partial charge in [0.05, 0.1) is 34.5 Å². The first-order chi connectivity index (χ1) is 14.8. The molecule has 1 unspecified atom stereocenters. The zero-order valence-corrected chi connectivity index (χ0v) is 18.6. The van der Waals surface area contributed by atoms with Crippen molar-refractivity contribution in [3.8, 4) is 0 Å². The van der Waals surface area contributed by atoms with E-state index in [1.54, 1.807) is 60.7 Å². The van der Waals surface area contributed by atoms with Crippen LogP contribution < -0.4 is 4.31 Å². The number of para-hydroxylation sites is 1. The van der Waals surface area contributed by atoms with Gasteiger partial charge in [-0.15, -0.1) is 0 Å². The number of hydrogen-bond acceptors (Lipinski definition) is 4. The van der Waals surface area contributed by atoms with Crippen molar-refractivity contribution < 1.29 is 13.6 Å². The molecule has 158 valence electrons. The Labute approximate surface area is 191 Å². The van der Waals surface area contributed by atoms with E-state index in [0.29, 0.717) is 27.6 Å². The molecule has 0 radical (unpaired) electrons. The number of amides is 1. The highest BCUT2D eigenvalue weighted by Gasteiger charge is 2.20. The summed E-state index contributed by atoms with van der Waals surface area (Å²) in [5, 5.41) is 1.07. The molecule has 0 saturated carbocycles. The SMILES string of the molecule is Cc1nc2ccc(C(=O)N(c3ccccc3)S(=O)[O-])cc2n1Cc1ccc(Cl)cc1Cl. The number of carbonyl (C=O) groups is 1. The van der Waals surface area contributed by atoms with Gasteiger partial charge in [-0.3, -0.25) is 9.00 Å². The van der Waals surface area contributed by atoms with Crippen LogP contribution in [0.25, 0.3) is 11.0 Å². The molecule has 0 fully saturated rings. The van der Waals surface area contributed by atoms with E-state index in [4.69, 9.17) is 23.2 Å². The molecule has 0 saturated heterocycles. The molecular weight excluding hydrogens is 457 g/mol. The maximum atomic E-state index is 13.1. The smallest absolute Gasteiger partial charge is 0.269 e. The maximum Gasteiger partial charge on any atom is 0.269 e. The Morgan fingerprint density at radius 3 is 2.52 bits per heavy atom. The third-order valence-electron chi connectivity index (χ3n) is 4.85. The van der Waals surface area contributed by atoms with Crippen molar-refractivity contribution in [3.05, 3.63) is 93.7 Å². The molecule has 1 heterocycles. The Bertz CT molecular complexity index is 1310. The second kappa shape index (κ2) is 8.80. The van der Waals surface area contributed by atoms with E-state index < -0.39 is 17.2 Å². The molecule has 0 aliphatic heterocycles. The molecule has 0 aliphatic rings. The molecule has 4 aromatic rings. The number of aromatic nitrogens is 2. The van der Waals surface area contributed by atoms with Crippen molar-refractivity contribution in [2.75, 3.05) is 4.31 Å². The Morgan fingerprint density at radius 2 is 1.84 bits per heavy atom. The molecule has 0 aliphatic carbocycles. The summed E-state index contributed by atoms with van der Waals surface area (Å²) in [4.78, 5) is 17.6. The number of fused-ring (bicyclic) bond motifs is 1. The van der Waals surface area contributed by atoms with E-state index in [1.165, 1.54) is 0 Å². The minimum Gasteiger partial charge on any atom is -0.755 e. The molecule has 0 spiro atoms. The Balaban J connectivity index is 1.76. The molecule has 1 amide bonds. The van der Waals surface area contributed by atoms with Gasteiger partial charge in [-0.1, -0.05) is 47.5 Å². The first kappa shape index (κ1) is 21.5. The average Bonchev–Trinajstić information content (AvgIpc) is 3.05. The van der Waals surface area contributed by atoms with E-state index in [1.807, 2.05) is 17.6 Å². The Kier molecular flexibility index (Phi) is 6.11. The van der Waals surface area contributed by atoms with Crippen molar-refractivity contribution in [2.45, 2.75) is 13.5 Å². The van der Waals surface area contributed by atoms with Crippen molar-refractivity contribution in [2.24, 2.45) is 0 Å². The fraction of sp³-hybridized carbons (Fsp3) is 0.0909. The van der Waals surface area contributed by atoms with Gasteiger partial charge in [0.25, 0.3) is 5.91 Å². The molecule has 1 atom stereocenters. The summed E-state index contributed by atoms with van der Waals surface area (Å²) in [5.74, 6) is 0.0781.